The molecule has 1 aliphatic heterocycles. The van der Waals surface area contributed by atoms with Gasteiger partial charge in [0.15, 0.2) is 0 Å². The minimum Gasteiger partial charge on any atom is -0.458 e. The van der Waals surface area contributed by atoms with Crippen LogP contribution in [0.5, 0.6) is 0 Å². The van der Waals surface area contributed by atoms with Gasteiger partial charge in [-0.1, -0.05) is 6.92 Å². The van der Waals surface area contributed by atoms with Crippen LogP contribution in [0.1, 0.15) is 52.9 Å². The maximum Gasteiger partial charge on any atom is 0.415 e. The van der Waals surface area contributed by atoms with Crippen molar-refractivity contribution in [2.45, 2.75) is 82.2 Å². The number of carbonyl (C=O) groups is 3. The van der Waals surface area contributed by atoms with E-state index >= 15 is 0 Å². The van der Waals surface area contributed by atoms with Crippen LogP contribution in [0, 0.1) is 5.41 Å². The number of amides is 2. The van der Waals surface area contributed by atoms with Gasteiger partial charge in [0.05, 0.1) is 6.54 Å². The second-order valence-electron chi connectivity index (χ2n) is 8.24. The van der Waals surface area contributed by atoms with Crippen molar-refractivity contribution in [3.8, 4) is 0 Å². The first-order valence-corrected chi connectivity index (χ1v) is 9.42. The summed E-state index contributed by atoms with van der Waals surface area (Å²) >= 11 is 0. The van der Waals surface area contributed by atoms with Gasteiger partial charge < -0.3 is 4.74 Å². The fraction of sp³-hybridized carbons (Fsp3) is 0.833. The van der Waals surface area contributed by atoms with Crippen molar-refractivity contribution in [2.24, 2.45) is 5.41 Å². The minimum absolute atomic E-state index is 0.0215. The van der Waals surface area contributed by atoms with E-state index in [0.29, 0.717) is 12.8 Å². The Morgan fingerprint density at radius 3 is 1.65 bits per heavy atom. The van der Waals surface area contributed by atoms with Crippen molar-refractivity contribution in [3.63, 3.8) is 0 Å². The van der Waals surface area contributed by atoms with Crippen LogP contribution >= 0.6 is 0 Å². The molecule has 2 amide bonds. The van der Waals surface area contributed by atoms with Crippen LogP contribution in [0.2, 0.25) is 0 Å². The Hall–Kier alpha value is -1.95. The largest absolute Gasteiger partial charge is 0.458 e. The molecule has 0 N–H and O–H groups in total. The number of alkyl halides is 8. The molecule has 2 fully saturated rings. The van der Waals surface area contributed by atoms with Gasteiger partial charge >= 0.3 is 18.3 Å². The summed E-state index contributed by atoms with van der Waals surface area (Å²) in [6.07, 6.45) is -12.0. The molecule has 178 valence electrons. The molecule has 0 bridgehead atoms. The van der Waals surface area contributed by atoms with E-state index in [-0.39, 0.29) is 33.1 Å². The number of ether oxygens (including phenoxy) is 1. The highest BCUT2D eigenvalue weighted by Crippen LogP contribution is 2.54. The number of halogens is 8. The Kier molecular flexibility index (Phi) is 5.95. The van der Waals surface area contributed by atoms with Crippen LogP contribution in [0.15, 0.2) is 0 Å². The number of imide groups is 1. The van der Waals surface area contributed by atoms with Crippen LogP contribution in [-0.4, -0.2) is 58.5 Å². The third-order valence-electron chi connectivity index (χ3n) is 6.36. The van der Waals surface area contributed by atoms with Gasteiger partial charge in [-0.2, -0.15) is 26.3 Å². The van der Waals surface area contributed by atoms with Crippen LogP contribution in [0.3, 0.4) is 0 Å². The standard InChI is InChI=1S/C18H21F8NO4/c1-4-15(7-5-6-8-15)31-12(30)16(17(21,22)23,18(24,25)26)9-27-10(28)13(2,19)14(3,20)11(27)29/h4-9H2,1-3H3. The first-order valence-electron chi connectivity index (χ1n) is 9.42. The molecule has 0 aromatic heterocycles. The van der Waals surface area contributed by atoms with E-state index in [1.54, 1.807) is 0 Å². The maximum absolute atomic E-state index is 14.4. The second-order valence-corrected chi connectivity index (χ2v) is 8.24. The van der Waals surface area contributed by atoms with Crippen LogP contribution < -0.4 is 0 Å². The van der Waals surface area contributed by atoms with Gasteiger partial charge in [-0.25, -0.2) is 8.78 Å². The molecule has 2 atom stereocenters. The SMILES string of the molecule is CCC1(OC(=O)C(CN2C(=O)C(C)(F)C(C)(F)C2=O)(C(F)(F)F)C(F)(F)F)CCCC1. The fourth-order valence-corrected chi connectivity index (χ4v) is 3.85. The summed E-state index contributed by atoms with van der Waals surface area (Å²) in [6, 6.07) is 0. The van der Waals surface area contributed by atoms with E-state index in [0.717, 1.165) is 0 Å². The summed E-state index contributed by atoms with van der Waals surface area (Å²) < 4.78 is 117. The predicted molar refractivity (Wildman–Crippen MR) is 87.9 cm³/mol. The number of hydrogen-bond donors (Lipinski definition) is 0. The molecule has 0 spiro atoms. The molecule has 1 saturated carbocycles. The number of esters is 1. The van der Waals surface area contributed by atoms with Crippen molar-refractivity contribution in [1.29, 1.82) is 0 Å². The first-order chi connectivity index (χ1) is 13.8. The minimum atomic E-state index is -6.40. The number of hydrogen-bond acceptors (Lipinski definition) is 4. The van der Waals surface area contributed by atoms with E-state index < -0.39 is 63.9 Å². The van der Waals surface area contributed by atoms with Gasteiger partial charge in [-0.15, -0.1) is 0 Å². The van der Waals surface area contributed by atoms with E-state index in [9.17, 15) is 49.5 Å². The number of nitrogens with zero attached hydrogens (tertiary/aromatic N) is 1. The molecule has 2 unspecified atom stereocenters. The topological polar surface area (TPSA) is 63.7 Å². The summed E-state index contributed by atoms with van der Waals surface area (Å²) in [5.74, 6) is -7.27. The van der Waals surface area contributed by atoms with Crippen molar-refractivity contribution in [1.82, 2.24) is 4.90 Å². The van der Waals surface area contributed by atoms with Gasteiger partial charge in [0.25, 0.3) is 17.2 Å². The lowest BCUT2D eigenvalue weighted by atomic mass is 9.84. The quantitative estimate of drug-likeness (QED) is 0.346. The summed E-state index contributed by atoms with van der Waals surface area (Å²) in [5, 5.41) is 0. The van der Waals surface area contributed by atoms with Gasteiger partial charge in [0.1, 0.15) is 5.60 Å². The van der Waals surface area contributed by atoms with Crippen molar-refractivity contribution in [3.05, 3.63) is 0 Å². The molecule has 1 saturated heterocycles. The number of carbonyl (C=O) groups excluding carboxylic acids is 3. The predicted octanol–water partition coefficient (Wildman–Crippen LogP) is 4.19. The van der Waals surface area contributed by atoms with Gasteiger partial charge in [-0.05, 0) is 46.0 Å². The Labute approximate surface area is 172 Å². The summed E-state index contributed by atoms with van der Waals surface area (Å²) in [7, 11) is 0. The smallest absolute Gasteiger partial charge is 0.415 e. The molecule has 5 nitrogen and oxygen atoms in total. The molecule has 2 rings (SSSR count). The number of rotatable bonds is 5. The third-order valence-corrected chi connectivity index (χ3v) is 6.36. The monoisotopic (exact) mass is 467 g/mol. The Morgan fingerprint density at radius 1 is 0.935 bits per heavy atom. The van der Waals surface area contributed by atoms with Crippen molar-refractivity contribution in [2.75, 3.05) is 6.54 Å². The zero-order valence-corrected chi connectivity index (χ0v) is 16.8. The average Bonchev–Trinajstić information content (AvgIpc) is 3.11. The molecular formula is C18H21F8NO4. The molecule has 0 aromatic rings. The lowest BCUT2D eigenvalue weighted by Crippen LogP contribution is -2.63. The van der Waals surface area contributed by atoms with E-state index in [1.807, 2.05) is 0 Å². The van der Waals surface area contributed by atoms with Crippen LogP contribution in [-0.2, 0) is 19.1 Å². The highest BCUT2D eigenvalue weighted by atomic mass is 19.4. The fourth-order valence-electron chi connectivity index (χ4n) is 3.85. The summed E-state index contributed by atoms with van der Waals surface area (Å²) in [5.41, 5.74) is -14.4. The molecule has 1 heterocycles. The Balaban J connectivity index is 2.60. The zero-order valence-electron chi connectivity index (χ0n) is 16.8. The van der Waals surface area contributed by atoms with Gasteiger partial charge in [0.2, 0.25) is 11.3 Å². The second kappa shape index (κ2) is 7.29. The third kappa shape index (κ3) is 3.57. The highest BCUT2D eigenvalue weighted by Gasteiger charge is 2.80. The maximum atomic E-state index is 14.4. The summed E-state index contributed by atoms with van der Waals surface area (Å²) in [4.78, 5) is 35.8. The van der Waals surface area contributed by atoms with Crippen LogP contribution in [0.4, 0.5) is 35.1 Å². The molecular weight excluding hydrogens is 446 g/mol. The van der Waals surface area contributed by atoms with E-state index in [4.69, 9.17) is 4.74 Å². The molecule has 0 radical (unpaired) electrons. The Morgan fingerprint density at radius 2 is 1.32 bits per heavy atom. The highest BCUT2D eigenvalue weighted by molar-refractivity contribution is 6.13. The molecule has 31 heavy (non-hydrogen) atoms. The number of likely N-dealkylation sites (tertiary alicyclic amines) is 1. The lowest BCUT2D eigenvalue weighted by molar-refractivity contribution is -0.336. The van der Waals surface area contributed by atoms with E-state index in [1.165, 1.54) is 6.92 Å². The van der Waals surface area contributed by atoms with Gasteiger partial charge in [0, 0.05) is 0 Å². The van der Waals surface area contributed by atoms with E-state index in [2.05, 4.69) is 0 Å². The lowest BCUT2D eigenvalue weighted by Gasteiger charge is -2.40. The normalized spacial score (nSPS) is 29.6. The molecule has 1 aliphatic carbocycles. The molecule has 2 aliphatic rings. The van der Waals surface area contributed by atoms with Crippen molar-refractivity contribution >= 4 is 17.8 Å². The Bertz CT molecular complexity index is 726. The molecule has 13 heteroatoms. The van der Waals surface area contributed by atoms with Gasteiger partial charge in [-0.3, -0.25) is 19.3 Å². The van der Waals surface area contributed by atoms with Crippen LogP contribution in [0.25, 0.3) is 0 Å². The first kappa shape index (κ1) is 25.3. The average molecular weight is 467 g/mol. The zero-order chi connectivity index (χ0) is 24.3. The summed E-state index contributed by atoms with van der Waals surface area (Å²) in [6.45, 7) is -0.828. The van der Waals surface area contributed by atoms with Crippen molar-refractivity contribution < 1.29 is 54.2 Å². The molecule has 0 aromatic carbocycles.